The molecule has 0 unspecified atom stereocenters. The van der Waals surface area contributed by atoms with Gasteiger partial charge in [-0.3, -0.25) is 4.79 Å². The van der Waals surface area contributed by atoms with Gasteiger partial charge in [-0.1, -0.05) is 47.5 Å². The summed E-state index contributed by atoms with van der Waals surface area (Å²) >= 11 is 12.2. The van der Waals surface area contributed by atoms with Gasteiger partial charge in [-0.15, -0.1) is 0 Å². The molecule has 0 bridgehead atoms. The molecule has 0 saturated carbocycles. The van der Waals surface area contributed by atoms with Crippen LogP contribution in [-0.4, -0.2) is 30.5 Å². The van der Waals surface area contributed by atoms with Gasteiger partial charge < -0.3 is 10.1 Å². The fourth-order valence-corrected chi connectivity index (χ4v) is 3.90. The fourth-order valence-electron chi connectivity index (χ4n) is 3.59. The predicted molar refractivity (Wildman–Crippen MR) is 119 cm³/mol. The van der Waals surface area contributed by atoms with E-state index in [1.165, 1.54) is 7.05 Å². The Morgan fingerprint density at radius 1 is 1.13 bits per heavy atom. The molecule has 3 aromatic rings. The van der Waals surface area contributed by atoms with Crippen molar-refractivity contribution in [2.45, 2.75) is 12.8 Å². The number of rotatable bonds is 4. The minimum atomic E-state index is -0.524. The maximum Gasteiger partial charge on any atom is 0.339 e. The number of fused-ring (bicyclic) bond motifs is 2. The van der Waals surface area contributed by atoms with Crippen molar-refractivity contribution in [1.29, 1.82) is 0 Å². The number of carbonyl (C=O) groups is 2. The highest BCUT2D eigenvalue weighted by molar-refractivity contribution is 6.42. The smallest absolute Gasteiger partial charge is 0.339 e. The van der Waals surface area contributed by atoms with Gasteiger partial charge in [-0.2, -0.15) is 0 Å². The largest absolute Gasteiger partial charge is 0.452 e. The minimum absolute atomic E-state index is 0.327. The number of para-hydroxylation sites is 1. The Kier molecular flexibility index (Phi) is 5.75. The molecule has 0 radical (unpaired) electrons. The van der Waals surface area contributed by atoms with Crippen LogP contribution in [0.25, 0.3) is 22.6 Å². The number of esters is 1. The summed E-state index contributed by atoms with van der Waals surface area (Å²) < 4.78 is 5.27. The van der Waals surface area contributed by atoms with Crippen molar-refractivity contribution >= 4 is 57.6 Å². The van der Waals surface area contributed by atoms with Crippen LogP contribution in [0, 0.1) is 0 Å². The van der Waals surface area contributed by atoms with E-state index in [1.807, 2.05) is 36.4 Å². The average molecular weight is 441 g/mol. The van der Waals surface area contributed by atoms with Gasteiger partial charge in [0.1, 0.15) is 0 Å². The van der Waals surface area contributed by atoms with Crippen molar-refractivity contribution in [3.63, 3.8) is 0 Å². The molecule has 0 spiro atoms. The maximum absolute atomic E-state index is 12.9. The summed E-state index contributed by atoms with van der Waals surface area (Å²) in [6.45, 7) is -0.327. The van der Waals surface area contributed by atoms with Crippen molar-refractivity contribution in [1.82, 2.24) is 10.3 Å². The Hall–Kier alpha value is -2.89. The molecule has 4 rings (SSSR count). The molecule has 1 N–H and O–H groups in total. The lowest BCUT2D eigenvalue weighted by Gasteiger charge is -2.12. The number of likely N-dealkylation sites (N-methyl/N-ethyl adjacent to an activating group) is 1. The average Bonchev–Trinajstić information content (AvgIpc) is 3.14. The van der Waals surface area contributed by atoms with Crippen LogP contribution in [-0.2, 0) is 16.0 Å². The zero-order chi connectivity index (χ0) is 21.3. The third kappa shape index (κ3) is 3.91. The predicted octanol–water partition coefficient (Wildman–Crippen LogP) is 4.93. The van der Waals surface area contributed by atoms with Crippen molar-refractivity contribution in [3.8, 4) is 0 Å². The summed E-state index contributed by atoms with van der Waals surface area (Å²) in [7, 11) is 1.50. The van der Waals surface area contributed by atoms with Gasteiger partial charge in [0.2, 0.25) is 0 Å². The third-order valence-corrected chi connectivity index (χ3v) is 5.78. The summed E-state index contributed by atoms with van der Waals surface area (Å²) in [6.07, 6.45) is 3.40. The number of hydrogen-bond donors (Lipinski definition) is 1. The zero-order valence-electron chi connectivity index (χ0n) is 16.2. The topological polar surface area (TPSA) is 68.3 Å². The van der Waals surface area contributed by atoms with Gasteiger partial charge in [0.15, 0.2) is 6.61 Å². The minimum Gasteiger partial charge on any atom is -0.452 e. The van der Waals surface area contributed by atoms with E-state index in [0.717, 1.165) is 28.8 Å². The molecule has 1 aromatic heterocycles. The van der Waals surface area contributed by atoms with Crippen LogP contribution in [0.1, 0.15) is 33.6 Å². The van der Waals surface area contributed by atoms with E-state index < -0.39 is 5.97 Å². The van der Waals surface area contributed by atoms with E-state index in [4.69, 9.17) is 32.9 Å². The van der Waals surface area contributed by atoms with E-state index in [2.05, 4.69) is 5.32 Å². The van der Waals surface area contributed by atoms with Crippen molar-refractivity contribution < 1.29 is 14.3 Å². The highest BCUT2D eigenvalue weighted by atomic mass is 35.5. The second-order valence-electron chi connectivity index (χ2n) is 6.92. The number of amides is 1. The Morgan fingerprint density at radius 3 is 2.70 bits per heavy atom. The highest BCUT2D eigenvalue weighted by Gasteiger charge is 2.27. The number of benzene rings is 2. The van der Waals surface area contributed by atoms with Crippen LogP contribution < -0.4 is 5.32 Å². The van der Waals surface area contributed by atoms with Crippen molar-refractivity contribution in [2.75, 3.05) is 13.7 Å². The zero-order valence-corrected chi connectivity index (χ0v) is 17.7. The van der Waals surface area contributed by atoms with Gasteiger partial charge in [-0.25, -0.2) is 9.78 Å². The first-order chi connectivity index (χ1) is 14.5. The number of hydrogen-bond acceptors (Lipinski definition) is 4. The van der Waals surface area contributed by atoms with Crippen LogP contribution in [0.5, 0.6) is 0 Å². The molecule has 152 valence electrons. The Morgan fingerprint density at radius 2 is 1.93 bits per heavy atom. The van der Waals surface area contributed by atoms with Crippen LogP contribution >= 0.6 is 23.2 Å². The lowest BCUT2D eigenvalue weighted by Crippen LogP contribution is -2.25. The summed E-state index contributed by atoms with van der Waals surface area (Å²) in [5.41, 5.74) is 4.69. The van der Waals surface area contributed by atoms with Crippen molar-refractivity contribution in [2.24, 2.45) is 0 Å². The quantitative estimate of drug-likeness (QED) is 0.583. The van der Waals surface area contributed by atoms with E-state index in [-0.39, 0.29) is 12.5 Å². The number of aromatic nitrogens is 1. The molecule has 5 nitrogen and oxygen atoms in total. The molecule has 0 saturated heterocycles. The van der Waals surface area contributed by atoms with Crippen LogP contribution in [0.15, 0.2) is 42.5 Å². The van der Waals surface area contributed by atoms with Gasteiger partial charge >= 0.3 is 5.97 Å². The number of carbonyl (C=O) groups excluding carboxylic acids is 2. The van der Waals surface area contributed by atoms with Gasteiger partial charge in [0.25, 0.3) is 5.91 Å². The first kappa shape index (κ1) is 20.4. The number of nitrogens with one attached hydrogen (secondary N) is 1. The van der Waals surface area contributed by atoms with E-state index in [9.17, 15) is 9.59 Å². The molecule has 1 heterocycles. The molecular weight excluding hydrogens is 423 g/mol. The Balaban J connectivity index is 1.80. The van der Waals surface area contributed by atoms with Crippen LogP contribution in [0.2, 0.25) is 10.0 Å². The standard InChI is InChI=1S/C23H18Cl2N2O3/c1-26-20(28)12-30-23(29)21-15-4-2-3-5-19(15)27-22-14(7-8-16(21)22)10-13-6-9-17(24)18(25)11-13/h2-6,9-11H,7-8,12H2,1H3,(H,26,28)/b14-10-. The highest BCUT2D eigenvalue weighted by Crippen LogP contribution is 2.38. The normalized spacial score (nSPS) is 14.0. The fraction of sp³-hybridized carbons (Fsp3) is 0.174. The summed E-state index contributed by atoms with van der Waals surface area (Å²) in [5, 5.41) is 4.14. The lowest BCUT2D eigenvalue weighted by atomic mass is 10.0. The van der Waals surface area contributed by atoms with Gasteiger partial charge in [-0.05, 0) is 53.8 Å². The number of ether oxygens (including phenoxy) is 1. The number of halogens is 2. The monoisotopic (exact) mass is 440 g/mol. The molecule has 0 aliphatic heterocycles. The first-order valence-electron chi connectivity index (χ1n) is 9.43. The van der Waals surface area contributed by atoms with Crippen LogP contribution in [0.3, 0.4) is 0 Å². The number of pyridine rings is 1. The van der Waals surface area contributed by atoms with Crippen LogP contribution in [0.4, 0.5) is 0 Å². The molecule has 0 atom stereocenters. The molecule has 1 aliphatic rings. The molecular formula is C23H18Cl2N2O3. The molecule has 1 amide bonds. The van der Waals surface area contributed by atoms with E-state index in [0.29, 0.717) is 32.9 Å². The molecule has 0 fully saturated rings. The summed E-state index contributed by atoms with van der Waals surface area (Å²) in [5.74, 6) is -0.886. The van der Waals surface area contributed by atoms with E-state index in [1.54, 1.807) is 12.1 Å². The molecule has 30 heavy (non-hydrogen) atoms. The third-order valence-electron chi connectivity index (χ3n) is 5.04. The SMILES string of the molecule is CNC(=O)COC(=O)c1c2c(nc3ccccc13)/C(=C\c1ccc(Cl)c(Cl)c1)CC2. The molecule has 7 heteroatoms. The van der Waals surface area contributed by atoms with Gasteiger partial charge in [0.05, 0.1) is 26.8 Å². The maximum atomic E-state index is 12.9. The van der Waals surface area contributed by atoms with E-state index >= 15 is 0 Å². The first-order valence-corrected chi connectivity index (χ1v) is 10.2. The molecule has 1 aliphatic carbocycles. The second-order valence-corrected chi connectivity index (χ2v) is 7.74. The van der Waals surface area contributed by atoms with Gasteiger partial charge in [0, 0.05) is 12.4 Å². The summed E-state index contributed by atoms with van der Waals surface area (Å²) in [4.78, 5) is 29.2. The Bertz CT molecular complexity index is 1200. The second kappa shape index (κ2) is 8.46. The number of allylic oxidation sites excluding steroid dienone is 1. The lowest BCUT2D eigenvalue weighted by molar-refractivity contribution is -0.123. The summed E-state index contributed by atoms with van der Waals surface area (Å²) in [6, 6.07) is 12.9. The number of nitrogens with zero attached hydrogens (tertiary/aromatic N) is 1. The Labute approximate surface area is 183 Å². The van der Waals surface area contributed by atoms with Crippen molar-refractivity contribution in [3.05, 3.63) is 74.9 Å². The molecule has 2 aromatic carbocycles.